The van der Waals surface area contributed by atoms with Crippen molar-refractivity contribution in [2.45, 2.75) is 13.8 Å². The third-order valence-corrected chi connectivity index (χ3v) is 2.72. The number of halogens is 1. The summed E-state index contributed by atoms with van der Waals surface area (Å²) in [5, 5.41) is 0.652. The van der Waals surface area contributed by atoms with Crippen LogP contribution >= 0.6 is 11.6 Å². The van der Waals surface area contributed by atoms with Crippen LogP contribution in [0.3, 0.4) is 0 Å². The molecule has 0 radical (unpaired) electrons. The number of hydrogen-bond acceptors (Lipinski definition) is 3. The van der Waals surface area contributed by atoms with E-state index in [1.807, 2.05) is 6.92 Å². The number of carbonyl (C=O) groups is 1. The number of ether oxygens (including phenoxy) is 1. The summed E-state index contributed by atoms with van der Waals surface area (Å²) in [6, 6.07) is 8.79. The first-order valence-electron chi connectivity index (χ1n) is 5.47. The standard InChI is InChI=1S/C14H12ClNO2/c1-9-7-11(10(2)17)8-16-14(9)18-13-5-3-12(15)4-6-13/h3-8H,1-2H3. The van der Waals surface area contributed by atoms with Gasteiger partial charge >= 0.3 is 0 Å². The summed E-state index contributed by atoms with van der Waals surface area (Å²) < 4.78 is 5.62. The minimum Gasteiger partial charge on any atom is -0.439 e. The van der Waals surface area contributed by atoms with Crippen molar-refractivity contribution in [3.8, 4) is 11.6 Å². The monoisotopic (exact) mass is 261 g/mol. The highest BCUT2D eigenvalue weighted by Crippen LogP contribution is 2.24. The molecule has 0 aliphatic carbocycles. The third kappa shape index (κ3) is 2.87. The summed E-state index contributed by atoms with van der Waals surface area (Å²) in [4.78, 5) is 15.4. The third-order valence-electron chi connectivity index (χ3n) is 2.46. The predicted molar refractivity (Wildman–Crippen MR) is 70.5 cm³/mol. The normalized spacial score (nSPS) is 10.2. The molecule has 0 N–H and O–H groups in total. The van der Waals surface area contributed by atoms with Crippen molar-refractivity contribution < 1.29 is 9.53 Å². The molecule has 1 heterocycles. The lowest BCUT2D eigenvalue weighted by Crippen LogP contribution is -1.97. The summed E-state index contributed by atoms with van der Waals surface area (Å²) in [7, 11) is 0. The van der Waals surface area contributed by atoms with Crippen molar-refractivity contribution in [2.75, 3.05) is 0 Å². The molecule has 0 bridgehead atoms. The second kappa shape index (κ2) is 5.19. The van der Waals surface area contributed by atoms with Gasteiger partial charge in [0.2, 0.25) is 5.88 Å². The molecule has 0 amide bonds. The van der Waals surface area contributed by atoms with E-state index in [0.717, 1.165) is 5.56 Å². The van der Waals surface area contributed by atoms with Crippen molar-refractivity contribution >= 4 is 17.4 Å². The molecule has 2 rings (SSSR count). The molecule has 92 valence electrons. The molecule has 0 spiro atoms. The molecule has 0 saturated carbocycles. The Labute approximate surface area is 110 Å². The Hall–Kier alpha value is -1.87. The zero-order valence-electron chi connectivity index (χ0n) is 10.1. The van der Waals surface area contributed by atoms with E-state index < -0.39 is 0 Å². The van der Waals surface area contributed by atoms with E-state index in [9.17, 15) is 4.79 Å². The van der Waals surface area contributed by atoms with E-state index >= 15 is 0 Å². The molecule has 0 unspecified atom stereocenters. The van der Waals surface area contributed by atoms with Crippen LogP contribution in [0.15, 0.2) is 36.5 Å². The van der Waals surface area contributed by atoms with Gasteiger partial charge in [-0.3, -0.25) is 4.79 Å². The fourth-order valence-electron chi connectivity index (χ4n) is 1.48. The van der Waals surface area contributed by atoms with Gasteiger partial charge in [-0.2, -0.15) is 0 Å². The van der Waals surface area contributed by atoms with E-state index in [2.05, 4.69) is 4.98 Å². The Balaban J connectivity index is 2.24. The molecular weight excluding hydrogens is 250 g/mol. The number of pyridine rings is 1. The lowest BCUT2D eigenvalue weighted by molar-refractivity contribution is 0.101. The van der Waals surface area contributed by atoms with Crippen LogP contribution in [-0.4, -0.2) is 10.8 Å². The summed E-state index contributed by atoms with van der Waals surface area (Å²) >= 11 is 5.79. The highest BCUT2D eigenvalue weighted by atomic mass is 35.5. The highest BCUT2D eigenvalue weighted by Gasteiger charge is 2.07. The van der Waals surface area contributed by atoms with Crippen LogP contribution < -0.4 is 4.74 Å². The minimum absolute atomic E-state index is 0.0105. The van der Waals surface area contributed by atoms with Gasteiger partial charge in [0.1, 0.15) is 5.75 Å². The Morgan fingerprint density at radius 3 is 2.50 bits per heavy atom. The van der Waals surface area contributed by atoms with Gasteiger partial charge in [-0.25, -0.2) is 4.98 Å². The lowest BCUT2D eigenvalue weighted by atomic mass is 10.1. The van der Waals surface area contributed by atoms with Gasteiger partial charge in [-0.05, 0) is 44.2 Å². The highest BCUT2D eigenvalue weighted by molar-refractivity contribution is 6.30. The van der Waals surface area contributed by atoms with Gasteiger partial charge in [0.25, 0.3) is 0 Å². The Kier molecular flexibility index (Phi) is 3.63. The molecule has 0 aliphatic heterocycles. The number of aromatic nitrogens is 1. The number of aryl methyl sites for hydroxylation is 1. The molecule has 0 saturated heterocycles. The summed E-state index contributed by atoms with van der Waals surface area (Å²) in [5.74, 6) is 1.14. The van der Waals surface area contributed by atoms with Gasteiger partial charge in [-0.15, -0.1) is 0 Å². The van der Waals surface area contributed by atoms with E-state index in [0.29, 0.717) is 22.2 Å². The zero-order chi connectivity index (χ0) is 13.1. The second-order valence-electron chi connectivity index (χ2n) is 3.96. The first kappa shape index (κ1) is 12.6. The largest absolute Gasteiger partial charge is 0.439 e. The van der Waals surface area contributed by atoms with E-state index in [1.54, 1.807) is 30.3 Å². The predicted octanol–water partition coefficient (Wildman–Crippen LogP) is 4.04. The van der Waals surface area contributed by atoms with Crippen LogP contribution in [0.1, 0.15) is 22.8 Å². The number of nitrogens with zero attached hydrogens (tertiary/aromatic N) is 1. The van der Waals surface area contributed by atoms with Gasteiger partial charge < -0.3 is 4.74 Å². The molecule has 0 fully saturated rings. The maximum Gasteiger partial charge on any atom is 0.222 e. The van der Waals surface area contributed by atoms with Gasteiger partial charge in [0.05, 0.1) is 0 Å². The van der Waals surface area contributed by atoms with Gasteiger partial charge in [0, 0.05) is 22.3 Å². The maximum atomic E-state index is 11.2. The number of rotatable bonds is 3. The molecule has 0 aliphatic rings. The van der Waals surface area contributed by atoms with Crippen molar-refractivity contribution in [3.05, 3.63) is 52.7 Å². The van der Waals surface area contributed by atoms with E-state index in [-0.39, 0.29) is 5.78 Å². The Morgan fingerprint density at radius 1 is 1.28 bits per heavy atom. The molecule has 0 atom stereocenters. The van der Waals surface area contributed by atoms with Crippen molar-refractivity contribution in [3.63, 3.8) is 0 Å². The number of carbonyl (C=O) groups excluding carboxylic acids is 1. The van der Waals surface area contributed by atoms with Gasteiger partial charge in [-0.1, -0.05) is 11.6 Å². The summed E-state index contributed by atoms with van der Waals surface area (Å²) in [5.41, 5.74) is 1.40. The van der Waals surface area contributed by atoms with E-state index in [4.69, 9.17) is 16.3 Å². The number of benzene rings is 1. The van der Waals surface area contributed by atoms with Crippen LogP contribution in [0, 0.1) is 6.92 Å². The molecule has 4 heteroatoms. The number of ketones is 1. The zero-order valence-corrected chi connectivity index (χ0v) is 10.9. The van der Waals surface area contributed by atoms with Crippen molar-refractivity contribution in [1.29, 1.82) is 0 Å². The minimum atomic E-state index is -0.0105. The quantitative estimate of drug-likeness (QED) is 0.783. The van der Waals surface area contributed by atoms with Crippen LogP contribution in [0.2, 0.25) is 5.02 Å². The van der Waals surface area contributed by atoms with Crippen molar-refractivity contribution in [1.82, 2.24) is 4.98 Å². The van der Waals surface area contributed by atoms with E-state index in [1.165, 1.54) is 13.1 Å². The average Bonchev–Trinajstić information content (AvgIpc) is 2.34. The fourth-order valence-corrected chi connectivity index (χ4v) is 1.60. The molecule has 18 heavy (non-hydrogen) atoms. The van der Waals surface area contributed by atoms with Crippen LogP contribution in [0.25, 0.3) is 0 Å². The Morgan fingerprint density at radius 2 is 1.94 bits per heavy atom. The Bertz CT molecular complexity index is 579. The average molecular weight is 262 g/mol. The fraction of sp³-hybridized carbons (Fsp3) is 0.143. The lowest BCUT2D eigenvalue weighted by Gasteiger charge is -2.08. The smallest absolute Gasteiger partial charge is 0.222 e. The maximum absolute atomic E-state index is 11.2. The van der Waals surface area contributed by atoms with Crippen LogP contribution in [0.5, 0.6) is 11.6 Å². The SMILES string of the molecule is CC(=O)c1cnc(Oc2ccc(Cl)cc2)c(C)c1. The molecular formula is C14H12ClNO2. The van der Waals surface area contributed by atoms with Crippen molar-refractivity contribution in [2.24, 2.45) is 0 Å². The molecule has 3 nitrogen and oxygen atoms in total. The second-order valence-corrected chi connectivity index (χ2v) is 4.39. The first-order valence-corrected chi connectivity index (χ1v) is 5.85. The molecule has 2 aromatic rings. The first-order chi connectivity index (χ1) is 8.56. The molecule has 1 aromatic carbocycles. The molecule has 1 aromatic heterocycles. The van der Waals surface area contributed by atoms with Crippen LogP contribution in [-0.2, 0) is 0 Å². The number of hydrogen-bond donors (Lipinski definition) is 0. The number of Topliss-reactive ketones (excluding diaryl/α,β-unsaturated/α-hetero) is 1. The van der Waals surface area contributed by atoms with Crippen LogP contribution in [0.4, 0.5) is 0 Å². The topological polar surface area (TPSA) is 39.2 Å². The summed E-state index contributed by atoms with van der Waals surface area (Å²) in [6.07, 6.45) is 1.51. The van der Waals surface area contributed by atoms with Gasteiger partial charge in [0.15, 0.2) is 5.78 Å². The summed E-state index contributed by atoms with van der Waals surface area (Å²) in [6.45, 7) is 3.36.